The molecule has 2 heterocycles. The number of hydrogen-bond acceptors (Lipinski definition) is 5. The summed E-state index contributed by atoms with van der Waals surface area (Å²) >= 11 is 18.3. The van der Waals surface area contributed by atoms with Crippen molar-refractivity contribution >= 4 is 57.9 Å². The van der Waals surface area contributed by atoms with Crippen LogP contribution in [-0.2, 0) is 6.18 Å². The summed E-state index contributed by atoms with van der Waals surface area (Å²) in [6.07, 6.45) is -3.26. The first-order valence-electron chi connectivity index (χ1n) is 10.8. The number of aliphatic imine (C=N–C) groups is 1. The number of nitrogens with one attached hydrogen (secondary N) is 1. The van der Waals surface area contributed by atoms with Crippen molar-refractivity contribution in [3.05, 3.63) is 86.0 Å². The van der Waals surface area contributed by atoms with Gasteiger partial charge in [-0.3, -0.25) is 10.2 Å². The summed E-state index contributed by atoms with van der Waals surface area (Å²) in [5, 5.41) is 2.59. The molecule has 0 radical (unpaired) electrons. The van der Waals surface area contributed by atoms with E-state index in [-0.39, 0.29) is 22.0 Å². The van der Waals surface area contributed by atoms with Crippen LogP contribution in [0.4, 0.5) is 24.7 Å². The highest BCUT2D eigenvalue weighted by atomic mass is 35.5. The zero-order valence-electron chi connectivity index (χ0n) is 18.5. The minimum absolute atomic E-state index is 0.0166. The van der Waals surface area contributed by atoms with E-state index in [9.17, 15) is 18.0 Å². The number of amides is 1. The summed E-state index contributed by atoms with van der Waals surface area (Å²) in [5.74, 6) is -1.41. The van der Waals surface area contributed by atoms with Crippen molar-refractivity contribution in [1.82, 2.24) is 15.4 Å². The van der Waals surface area contributed by atoms with Gasteiger partial charge in [-0.05, 0) is 49.2 Å². The summed E-state index contributed by atoms with van der Waals surface area (Å²) in [7, 11) is 0. The molecule has 2 aromatic carbocycles. The van der Waals surface area contributed by atoms with E-state index in [1.165, 1.54) is 6.07 Å². The molecular weight excluding hydrogens is 538 g/mol. The number of nitrogens with two attached hydrogens (primary N) is 1. The van der Waals surface area contributed by atoms with Gasteiger partial charge in [-0.2, -0.15) is 13.2 Å². The highest BCUT2D eigenvalue weighted by molar-refractivity contribution is 6.36. The molecule has 1 fully saturated rings. The van der Waals surface area contributed by atoms with Crippen molar-refractivity contribution in [3.63, 3.8) is 0 Å². The largest absolute Gasteiger partial charge is 0.434 e. The average molecular weight is 557 g/mol. The monoisotopic (exact) mass is 555 g/mol. The van der Waals surface area contributed by atoms with Crippen LogP contribution in [0, 0.1) is 0 Å². The molecule has 3 N–H and O–H groups in total. The average Bonchev–Trinajstić information content (AvgIpc) is 3.32. The second-order valence-corrected chi connectivity index (χ2v) is 9.29. The lowest BCUT2D eigenvalue weighted by molar-refractivity contribution is -0.141. The van der Waals surface area contributed by atoms with Crippen LogP contribution in [0.2, 0.25) is 15.1 Å². The highest BCUT2D eigenvalue weighted by Gasteiger charge is 2.39. The molecule has 1 saturated heterocycles. The molecule has 0 aliphatic carbocycles. The van der Waals surface area contributed by atoms with Gasteiger partial charge in [-0.15, -0.1) is 0 Å². The number of benzene rings is 2. The van der Waals surface area contributed by atoms with E-state index in [1.54, 1.807) is 41.4 Å². The van der Waals surface area contributed by atoms with Gasteiger partial charge in [0.2, 0.25) is 0 Å². The molecule has 1 amide bonds. The Labute approximate surface area is 219 Å². The van der Waals surface area contributed by atoms with E-state index in [0.29, 0.717) is 28.7 Å². The molecule has 1 aliphatic heterocycles. The molecule has 1 aliphatic rings. The number of carbonyl (C=O) groups is 1. The second kappa shape index (κ2) is 10.6. The summed E-state index contributed by atoms with van der Waals surface area (Å²) in [6.45, 7) is 1.07. The number of aromatic nitrogens is 1. The molecule has 12 heteroatoms. The number of rotatable bonds is 5. The molecule has 1 aromatic heterocycles. The van der Waals surface area contributed by atoms with Gasteiger partial charge in [0.1, 0.15) is 5.82 Å². The molecule has 6 nitrogen and oxygen atoms in total. The number of anilines is 1. The van der Waals surface area contributed by atoms with Gasteiger partial charge >= 0.3 is 6.18 Å². The Morgan fingerprint density at radius 1 is 0.972 bits per heavy atom. The molecular formula is C24H19Cl3F3N5O. The van der Waals surface area contributed by atoms with E-state index in [4.69, 9.17) is 40.5 Å². The number of alkyl halides is 3. The molecule has 0 bridgehead atoms. The van der Waals surface area contributed by atoms with Gasteiger partial charge in [-0.1, -0.05) is 46.9 Å². The SMILES string of the molecule is Nc1nc(C(F)(F)F)c(C(=O)NN2CCCC2)cc1C(=Nc1ccc(Cl)cc1Cl)c1ccc(Cl)cc1. The minimum Gasteiger partial charge on any atom is -0.383 e. The maximum absolute atomic E-state index is 13.9. The van der Waals surface area contributed by atoms with E-state index >= 15 is 0 Å². The summed E-state index contributed by atoms with van der Waals surface area (Å²) in [5.41, 5.74) is 7.39. The number of nitrogen functional groups attached to an aromatic ring is 1. The van der Waals surface area contributed by atoms with Crippen molar-refractivity contribution in [2.24, 2.45) is 4.99 Å². The fraction of sp³-hybridized carbons (Fsp3) is 0.208. The Morgan fingerprint density at radius 3 is 2.22 bits per heavy atom. The predicted molar refractivity (Wildman–Crippen MR) is 135 cm³/mol. The Bertz CT molecular complexity index is 1320. The third-order valence-electron chi connectivity index (χ3n) is 5.45. The van der Waals surface area contributed by atoms with E-state index in [2.05, 4.69) is 15.4 Å². The number of pyridine rings is 1. The van der Waals surface area contributed by atoms with Crippen molar-refractivity contribution in [2.45, 2.75) is 19.0 Å². The molecule has 0 unspecified atom stereocenters. The van der Waals surface area contributed by atoms with Crippen LogP contribution in [-0.4, -0.2) is 34.7 Å². The standard InChI is InChI=1S/C24H19Cl3F3N5O/c25-14-5-3-13(4-6-14)20(32-19-8-7-15(26)11-18(19)27)16-12-17(21(24(28,29)30)33-22(16)31)23(36)34-35-9-1-2-10-35/h3-8,11-12H,1-2,9-10H2,(H2,31,33)(H,34,36). The molecule has 0 atom stereocenters. The summed E-state index contributed by atoms with van der Waals surface area (Å²) in [4.78, 5) is 21.1. The van der Waals surface area contributed by atoms with E-state index in [1.807, 2.05) is 0 Å². The summed E-state index contributed by atoms with van der Waals surface area (Å²) in [6, 6.07) is 12.1. The highest BCUT2D eigenvalue weighted by Crippen LogP contribution is 2.35. The van der Waals surface area contributed by atoms with Crippen LogP contribution in [0.5, 0.6) is 0 Å². The zero-order chi connectivity index (χ0) is 26.0. The molecule has 188 valence electrons. The maximum Gasteiger partial charge on any atom is 0.434 e. The van der Waals surface area contributed by atoms with E-state index in [0.717, 1.165) is 18.9 Å². The van der Waals surface area contributed by atoms with Crippen molar-refractivity contribution in [3.8, 4) is 0 Å². The van der Waals surface area contributed by atoms with Crippen LogP contribution < -0.4 is 11.2 Å². The first-order chi connectivity index (χ1) is 17.0. The van der Waals surface area contributed by atoms with Gasteiger partial charge in [-0.25, -0.2) is 15.0 Å². The summed E-state index contributed by atoms with van der Waals surface area (Å²) < 4.78 is 41.6. The predicted octanol–water partition coefficient (Wildman–Crippen LogP) is 6.55. The van der Waals surface area contributed by atoms with Crippen molar-refractivity contribution in [2.75, 3.05) is 18.8 Å². The smallest absolute Gasteiger partial charge is 0.383 e. The zero-order valence-corrected chi connectivity index (χ0v) is 20.8. The lowest BCUT2D eigenvalue weighted by atomic mass is 9.99. The normalized spacial score (nSPS) is 14.8. The third-order valence-corrected chi connectivity index (χ3v) is 6.24. The van der Waals surface area contributed by atoms with Gasteiger partial charge in [0.05, 0.1) is 22.0 Å². The Balaban J connectivity index is 1.91. The molecule has 0 saturated carbocycles. The van der Waals surface area contributed by atoms with Crippen molar-refractivity contribution in [1.29, 1.82) is 0 Å². The number of hydrazine groups is 1. The number of halogens is 6. The Morgan fingerprint density at radius 2 is 1.61 bits per heavy atom. The Kier molecular flexibility index (Phi) is 7.75. The van der Waals surface area contributed by atoms with E-state index < -0.39 is 29.2 Å². The molecule has 4 rings (SSSR count). The fourth-order valence-electron chi connectivity index (χ4n) is 3.72. The van der Waals surface area contributed by atoms with Crippen LogP contribution in [0.1, 0.15) is 40.0 Å². The van der Waals surface area contributed by atoms with Crippen molar-refractivity contribution < 1.29 is 18.0 Å². The topological polar surface area (TPSA) is 83.6 Å². The Hall–Kier alpha value is -2.85. The second-order valence-electron chi connectivity index (χ2n) is 8.01. The van der Waals surface area contributed by atoms with Gasteiger partial charge in [0.15, 0.2) is 5.69 Å². The quantitative estimate of drug-likeness (QED) is 0.349. The minimum atomic E-state index is -4.92. The third kappa shape index (κ3) is 5.92. The number of nitrogens with zero attached hydrogens (tertiary/aromatic N) is 3. The number of carbonyl (C=O) groups excluding carboxylic acids is 1. The van der Waals surface area contributed by atoms with Gasteiger partial charge < -0.3 is 5.73 Å². The van der Waals surface area contributed by atoms with Crippen LogP contribution in [0.3, 0.4) is 0 Å². The first-order valence-corrected chi connectivity index (χ1v) is 11.9. The fourth-order valence-corrected chi connectivity index (χ4v) is 4.30. The molecule has 36 heavy (non-hydrogen) atoms. The first kappa shape index (κ1) is 26.2. The van der Waals surface area contributed by atoms with Gasteiger partial charge in [0.25, 0.3) is 5.91 Å². The van der Waals surface area contributed by atoms with Crippen LogP contribution in [0.15, 0.2) is 53.5 Å². The molecule has 3 aromatic rings. The lowest BCUT2D eigenvalue weighted by Crippen LogP contribution is -2.41. The van der Waals surface area contributed by atoms with Crippen LogP contribution in [0.25, 0.3) is 0 Å². The number of hydrogen-bond donors (Lipinski definition) is 2. The van der Waals surface area contributed by atoms with Crippen LogP contribution >= 0.6 is 34.8 Å². The lowest BCUT2D eigenvalue weighted by Gasteiger charge is -2.20. The van der Waals surface area contributed by atoms with Gasteiger partial charge in [0, 0.05) is 34.3 Å². The molecule has 0 spiro atoms. The maximum atomic E-state index is 13.9.